The Morgan fingerprint density at radius 2 is 1.43 bits per heavy atom. The molecule has 0 N–H and O–H groups in total. The van der Waals surface area contributed by atoms with Crippen molar-refractivity contribution in [1.29, 1.82) is 0 Å². The summed E-state index contributed by atoms with van der Waals surface area (Å²) in [4.78, 5) is 12.7. The molecule has 0 spiro atoms. The Bertz CT molecular complexity index is 461. The molecule has 0 amide bonds. The van der Waals surface area contributed by atoms with Crippen molar-refractivity contribution >= 4 is 6.29 Å². The molecule has 0 radical (unpaired) electrons. The Hall–Kier alpha value is -0.330. The van der Waals surface area contributed by atoms with Crippen LogP contribution in [0.25, 0.3) is 0 Å². The zero-order valence-corrected chi connectivity index (χ0v) is 20.5. The van der Waals surface area contributed by atoms with Gasteiger partial charge in [0.15, 0.2) is 0 Å². The second kappa shape index (κ2) is 12.6. The van der Waals surface area contributed by atoms with Crippen LogP contribution < -0.4 is 0 Å². The van der Waals surface area contributed by atoms with Crippen molar-refractivity contribution in [3.63, 3.8) is 0 Å². The van der Waals surface area contributed by atoms with Crippen LogP contribution in [0.2, 0.25) is 0 Å². The van der Waals surface area contributed by atoms with Crippen LogP contribution in [0.15, 0.2) is 0 Å². The van der Waals surface area contributed by atoms with E-state index in [0.29, 0.717) is 17.3 Å². The molecule has 1 unspecified atom stereocenters. The number of unbranched alkanes of at least 4 members (excludes halogenated alkanes) is 4. The summed E-state index contributed by atoms with van der Waals surface area (Å²) in [6.45, 7) is 4.68. The van der Waals surface area contributed by atoms with Crippen LogP contribution in [0.4, 0.5) is 0 Å². The van der Waals surface area contributed by atoms with Crippen LogP contribution in [-0.2, 0) is 4.79 Å². The average molecular weight is 417 g/mol. The second-order valence-corrected chi connectivity index (χ2v) is 11.6. The molecular weight excluding hydrogens is 364 g/mol. The van der Waals surface area contributed by atoms with Gasteiger partial charge in [0.05, 0.1) is 0 Å². The molecule has 3 fully saturated rings. The molecule has 1 heteroatoms. The monoisotopic (exact) mass is 416 g/mol. The molecule has 0 aromatic carbocycles. The summed E-state index contributed by atoms with van der Waals surface area (Å²) in [5.41, 5.74) is 0.367. The minimum Gasteiger partial charge on any atom is -0.303 e. The normalized spacial score (nSPS) is 34.5. The van der Waals surface area contributed by atoms with Crippen LogP contribution in [0.5, 0.6) is 0 Å². The topological polar surface area (TPSA) is 17.1 Å². The highest BCUT2D eigenvalue weighted by Crippen LogP contribution is 2.57. The molecular formula is C29H52O. The van der Waals surface area contributed by atoms with Crippen molar-refractivity contribution in [3.05, 3.63) is 0 Å². The van der Waals surface area contributed by atoms with E-state index < -0.39 is 0 Å². The zero-order chi connectivity index (χ0) is 21.2. The molecule has 3 saturated carbocycles. The third-order valence-electron chi connectivity index (χ3n) is 9.96. The Kier molecular flexibility index (Phi) is 10.2. The number of carbonyl (C=O) groups is 1. The third kappa shape index (κ3) is 6.13. The Labute approximate surface area is 188 Å². The molecule has 3 rings (SSSR count). The summed E-state index contributed by atoms with van der Waals surface area (Å²) in [5.74, 6) is 3.78. The van der Waals surface area contributed by atoms with Gasteiger partial charge in [0.25, 0.3) is 0 Å². The van der Waals surface area contributed by atoms with Crippen LogP contribution in [-0.4, -0.2) is 6.29 Å². The summed E-state index contributed by atoms with van der Waals surface area (Å²) in [5, 5.41) is 0. The van der Waals surface area contributed by atoms with Crippen LogP contribution >= 0.6 is 0 Å². The van der Waals surface area contributed by atoms with E-state index in [1.807, 2.05) is 0 Å². The number of carbonyl (C=O) groups excluding carboxylic acids is 1. The molecule has 1 nitrogen and oxygen atoms in total. The van der Waals surface area contributed by atoms with Gasteiger partial charge in [-0.3, -0.25) is 0 Å². The first-order chi connectivity index (χ1) is 14.7. The van der Waals surface area contributed by atoms with E-state index in [4.69, 9.17) is 0 Å². The molecule has 0 aromatic rings. The highest BCUT2D eigenvalue weighted by atomic mass is 16.1. The van der Waals surface area contributed by atoms with E-state index in [9.17, 15) is 4.79 Å². The smallest absolute Gasteiger partial charge is 0.123 e. The quantitative estimate of drug-likeness (QED) is 0.242. The van der Waals surface area contributed by atoms with Gasteiger partial charge in [-0.05, 0) is 80.5 Å². The summed E-state index contributed by atoms with van der Waals surface area (Å²) < 4.78 is 0. The van der Waals surface area contributed by atoms with Crippen molar-refractivity contribution in [1.82, 2.24) is 0 Å². The maximum Gasteiger partial charge on any atom is 0.123 e. The standard InChI is InChI=1S/C29H52O/c1-3-5-6-7-9-12-25-15-17-26(18-16-25)28(23-30)29(27-13-10-8-11-14-27)21-19-24(4-2)20-22-29/h23-28H,3-22H2,1-2H3. The van der Waals surface area contributed by atoms with Gasteiger partial charge in [0, 0.05) is 5.92 Å². The number of hydrogen-bond acceptors (Lipinski definition) is 1. The fraction of sp³-hybridized carbons (Fsp3) is 0.966. The molecule has 1 atom stereocenters. The second-order valence-electron chi connectivity index (χ2n) is 11.6. The number of rotatable bonds is 11. The lowest BCUT2D eigenvalue weighted by atomic mass is 9.51. The van der Waals surface area contributed by atoms with Gasteiger partial charge in [-0.15, -0.1) is 0 Å². The molecule has 30 heavy (non-hydrogen) atoms. The molecule has 3 aliphatic carbocycles. The molecule has 174 valence electrons. The van der Waals surface area contributed by atoms with E-state index in [2.05, 4.69) is 13.8 Å². The van der Waals surface area contributed by atoms with Gasteiger partial charge in [-0.25, -0.2) is 0 Å². The maximum atomic E-state index is 12.7. The lowest BCUT2D eigenvalue weighted by Crippen LogP contribution is -2.46. The lowest BCUT2D eigenvalue weighted by Gasteiger charge is -2.53. The Morgan fingerprint density at radius 3 is 2.03 bits per heavy atom. The fourth-order valence-corrected chi connectivity index (χ4v) is 7.90. The number of aldehydes is 1. The molecule has 0 aliphatic heterocycles. The van der Waals surface area contributed by atoms with Crippen molar-refractivity contribution in [3.8, 4) is 0 Å². The Morgan fingerprint density at radius 1 is 0.767 bits per heavy atom. The Balaban J connectivity index is 1.58. The van der Waals surface area contributed by atoms with Gasteiger partial charge >= 0.3 is 0 Å². The summed E-state index contributed by atoms with van der Waals surface area (Å²) in [7, 11) is 0. The maximum absolute atomic E-state index is 12.7. The largest absolute Gasteiger partial charge is 0.303 e. The van der Waals surface area contributed by atoms with E-state index in [0.717, 1.165) is 17.8 Å². The van der Waals surface area contributed by atoms with Gasteiger partial charge in [-0.2, -0.15) is 0 Å². The fourth-order valence-electron chi connectivity index (χ4n) is 7.90. The van der Waals surface area contributed by atoms with Crippen molar-refractivity contribution in [2.24, 2.45) is 35.0 Å². The first-order valence-electron chi connectivity index (χ1n) is 14.2. The van der Waals surface area contributed by atoms with E-state index in [1.54, 1.807) is 0 Å². The molecule has 0 heterocycles. The number of hydrogen-bond donors (Lipinski definition) is 0. The minimum absolute atomic E-state index is 0.365. The summed E-state index contributed by atoms with van der Waals surface area (Å²) >= 11 is 0. The average Bonchev–Trinajstić information content (AvgIpc) is 2.81. The summed E-state index contributed by atoms with van der Waals surface area (Å²) in [6, 6.07) is 0. The van der Waals surface area contributed by atoms with Crippen molar-refractivity contribution in [2.45, 2.75) is 142 Å². The predicted molar refractivity (Wildman–Crippen MR) is 130 cm³/mol. The molecule has 3 aliphatic rings. The van der Waals surface area contributed by atoms with E-state index >= 15 is 0 Å². The van der Waals surface area contributed by atoms with Crippen LogP contribution in [0.1, 0.15) is 142 Å². The van der Waals surface area contributed by atoms with Crippen molar-refractivity contribution < 1.29 is 4.79 Å². The first kappa shape index (κ1) is 24.3. The van der Waals surface area contributed by atoms with Gasteiger partial charge in [-0.1, -0.05) is 90.9 Å². The van der Waals surface area contributed by atoms with Gasteiger partial charge in [0.1, 0.15) is 6.29 Å². The highest BCUT2D eigenvalue weighted by molar-refractivity contribution is 5.56. The molecule has 0 bridgehead atoms. The first-order valence-corrected chi connectivity index (χ1v) is 14.2. The van der Waals surface area contributed by atoms with Crippen LogP contribution in [0.3, 0.4) is 0 Å². The molecule has 0 aromatic heterocycles. The summed E-state index contributed by atoms with van der Waals surface area (Å²) in [6.07, 6.45) is 29.4. The highest BCUT2D eigenvalue weighted by Gasteiger charge is 2.49. The van der Waals surface area contributed by atoms with E-state index in [-0.39, 0.29) is 0 Å². The van der Waals surface area contributed by atoms with Crippen LogP contribution in [0, 0.1) is 35.0 Å². The lowest BCUT2D eigenvalue weighted by molar-refractivity contribution is -0.125. The van der Waals surface area contributed by atoms with Gasteiger partial charge in [0.2, 0.25) is 0 Å². The zero-order valence-electron chi connectivity index (χ0n) is 20.5. The molecule has 0 saturated heterocycles. The SMILES string of the molecule is CCCCCCCC1CCC(C(C=O)C2(C3CCCCC3)CCC(CC)CC2)CC1. The predicted octanol–water partition coefficient (Wildman–Crippen LogP) is 9.14. The van der Waals surface area contributed by atoms with E-state index in [1.165, 1.54) is 135 Å². The van der Waals surface area contributed by atoms with Crippen molar-refractivity contribution in [2.75, 3.05) is 0 Å². The minimum atomic E-state index is 0.365. The van der Waals surface area contributed by atoms with Gasteiger partial charge < -0.3 is 4.79 Å². The third-order valence-corrected chi connectivity index (χ3v) is 9.96.